The van der Waals surface area contributed by atoms with E-state index in [2.05, 4.69) is 20.2 Å². The molecule has 0 spiro atoms. The van der Waals surface area contributed by atoms with Crippen LogP contribution in [0.25, 0.3) is 5.78 Å². The molecule has 28 heavy (non-hydrogen) atoms. The van der Waals surface area contributed by atoms with Crippen molar-refractivity contribution < 1.29 is 17.7 Å². The Kier molecular flexibility index (Phi) is 4.41. The third-order valence-corrected chi connectivity index (χ3v) is 6.24. The number of likely N-dealkylation sites (tertiary alicyclic amines) is 1. The molecule has 10 nitrogen and oxygen atoms in total. The van der Waals surface area contributed by atoms with Crippen molar-refractivity contribution in [1.82, 2.24) is 29.6 Å². The fourth-order valence-corrected chi connectivity index (χ4v) is 4.62. The molecule has 4 heterocycles. The van der Waals surface area contributed by atoms with Gasteiger partial charge in [0, 0.05) is 25.3 Å². The lowest BCUT2D eigenvalue weighted by Crippen LogP contribution is -2.39. The summed E-state index contributed by atoms with van der Waals surface area (Å²) in [7, 11) is -3.48. The maximum Gasteiger partial charge on any atom is 0.259 e. The van der Waals surface area contributed by atoms with Crippen molar-refractivity contribution in [2.45, 2.75) is 37.5 Å². The smallest absolute Gasteiger partial charge is 0.259 e. The number of piperidine rings is 1. The minimum atomic E-state index is -3.48. The molecule has 4 rings (SSSR count). The summed E-state index contributed by atoms with van der Waals surface area (Å²) in [5, 5.41) is 8.01. The van der Waals surface area contributed by atoms with Crippen molar-refractivity contribution in [3.8, 4) is 0 Å². The van der Waals surface area contributed by atoms with Crippen molar-refractivity contribution >= 4 is 21.5 Å². The number of sulfone groups is 1. The van der Waals surface area contributed by atoms with E-state index in [0.29, 0.717) is 54.4 Å². The second kappa shape index (κ2) is 6.66. The van der Waals surface area contributed by atoms with Gasteiger partial charge in [-0.3, -0.25) is 4.79 Å². The Morgan fingerprint density at radius 2 is 1.93 bits per heavy atom. The Morgan fingerprint density at radius 3 is 2.54 bits per heavy atom. The van der Waals surface area contributed by atoms with Gasteiger partial charge in [0.15, 0.2) is 9.84 Å². The summed E-state index contributed by atoms with van der Waals surface area (Å²) in [6.07, 6.45) is 5.07. The van der Waals surface area contributed by atoms with E-state index in [0.717, 1.165) is 6.26 Å². The summed E-state index contributed by atoms with van der Waals surface area (Å²) in [6.45, 7) is 4.45. The van der Waals surface area contributed by atoms with E-state index in [-0.39, 0.29) is 16.7 Å². The van der Waals surface area contributed by atoms with Crippen molar-refractivity contribution in [2.75, 3.05) is 19.3 Å². The first-order valence-electron chi connectivity index (χ1n) is 8.88. The van der Waals surface area contributed by atoms with Gasteiger partial charge >= 0.3 is 0 Å². The molecule has 0 atom stereocenters. The maximum absolute atomic E-state index is 12.8. The lowest BCUT2D eigenvalue weighted by molar-refractivity contribution is 0.0708. The van der Waals surface area contributed by atoms with Crippen LogP contribution in [0.5, 0.6) is 0 Å². The molecule has 0 aliphatic carbocycles. The predicted octanol–water partition coefficient (Wildman–Crippen LogP) is 1.15. The Morgan fingerprint density at radius 1 is 1.21 bits per heavy atom. The van der Waals surface area contributed by atoms with Gasteiger partial charge in [0.1, 0.15) is 22.5 Å². The molecule has 1 saturated heterocycles. The van der Waals surface area contributed by atoms with E-state index in [1.54, 1.807) is 18.7 Å². The number of fused-ring (bicyclic) bond motifs is 1. The molecule has 3 aromatic heterocycles. The van der Waals surface area contributed by atoms with Crippen molar-refractivity contribution in [2.24, 2.45) is 0 Å². The largest absolute Gasteiger partial charge is 0.361 e. The van der Waals surface area contributed by atoms with Crippen LogP contribution in [0.2, 0.25) is 0 Å². The lowest BCUT2D eigenvalue weighted by Gasteiger charge is -2.32. The van der Waals surface area contributed by atoms with Gasteiger partial charge in [-0.2, -0.15) is 14.6 Å². The summed E-state index contributed by atoms with van der Waals surface area (Å²) in [5.41, 5.74) is 1.65. The molecule has 0 unspecified atom stereocenters. The van der Waals surface area contributed by atoms with Crippen LogP contribution in [-0.4, -0.2) is 63.3 Å². The molecular formula is C17H20N6O4S. The van der Waals surface area contributed by atoms with Crippen LogP contribution >= 0.6 is 0 Å². The fourth-order valence-electron chi connectivity index (χ4n) is 3.74. The number of rotatable bonds is 3. The van der Waals surface area contributed by atoms with Crippen LogP contribution in [0.15, 0.2) is 21.9 Å². The first kappa shape index (κ1) is 18.5. The molecule has 1 aliphatic rings. The number of hydrogen-bond donors (Lipinski definition) is 0. The van der Waals surface area contributed by atoms with E-state index < -0.39 is 9.84 Å². The minimum absolute atomic E-state index is 0.0781. The van der Waals surface area contributed by atoms with Gasteiger partial charge < -0.3 is 9.42 Å². The van der Waals surface area contributed by atoms with E-state index in [9.17, 15) is 13.2 Å². The van der Waals surface area contributed by atoms with Crippen LogP contribution in [-0.2, 0) is 9.84 Å². The van der Waals surface area contributed by atoms with Crippen LogP contribution < -0.4 is 0 Å². The molecule has 3 aromatic rings. The first-order chi connectivity index (χ1) is 13.3. The molecule has 1 amide bonds. The monoisotopic (exact) mass is 404 g/mol. The lowest BCUT2D eigenvalue weighted by atomic mass is 9.92. The topological polar surface area (TPSA) is 124 Å². The van der Waals surface area contributed by atoms with Crippen molar-refractivity contribution in [3.63, 3.8) is 0 Å². The highest BCUT2D eigenvalue weighted by molar-refractivity contribution is 7.90. The Labute approximate surface area is 161 Å². The zero-order chi connectivity index (χ0) is 20.1. The molecule has 0 bridgehead atoms. The van der Waals surface area contributed by atoms with E-state index in [4.69, 9.17) is 4.52 Å². The van der Waals surface area contributed by atoms with Crippen molar-refractivity contribution in [3.05, 3.63) is 35.2 Å². The number of aromatic nitrogens is 5. The highest BCUT2D eigenvalue weighted by Gasteiger charge is 2.32. The van der Waals surface area contributed by atoms with Gasteiger partial charge in [0.2, 0.25) is 0 Å². The van der Waals surface area contributed by atoms with E-state index >= 15 is 0 Å². The van der Waals surface area contributed by atoms with E-state index in [1.807, 2.05) is 0 Å². The Bertz CT molecular complexity index is 1140. The average Bonchev–Trinajstić information content (AvgIpc) is 3.26. The normalized spacial score (nSPS) is 16.0. The van der Waals surface area contributed by atoms with Gasteiger partial charge in [0.05, 0.1) is 17.6 Å². The molecule has 0 saturated carbocycles. The summed E-state index contributed by atoms with van der Waals surface area (Å²) < 4.78 is 31.2. The number of carbonyl (C=O) groups is 1. The van der Waals surface area contributed by atoms with Crippen LogP contribution in [0.3, 0.4) is 0 Å². The summed E-state index contributed by atoms with van der Waals surface area (Å²) in [5.74, 6) is 0.670. The summed E-state index contributed by atoms with van der Waals surface area (Å²) in [4.78, 5) is 22.9. The standard InChI is InChI=1S/C17H20N6O4S/c1-10-14(11(2)27-21-10)16(24)22-6-4-12(5-7-22)15-13(28(3,25)26)8-18-17-19-9-20-23(15)17/h8-9,12H,4-7H2,1-3H3. The molecule has 148 valence electrons. The number of carbonyl (C=O) groups excluding carboxylic acids is 1. The molecule has 1 aliphatic heterocycles. The average molecular weight is 404 g/mol. The fraction of sp³-hybridized carbons (Fsp3) is 0.471. The summed E-state index contributed by atoms with van der Waals surface area (Å²) >= 11 is 0. The van der Waals surface area contributed by atoms with Crippen LogP contribution in [0.4, 0.5) is 0 Å². The van der Waals surface area contributed by atoms with Crippen molar-refractivity contribution in [1.29, 1.82) is 0 Å². The predicted molar refractivity (Wildman–Crippen MR) is 97.7 cm³/mol. The SMILES string of the molecule is Cc1noc(C)c1C(=O)N1CCC(c2c(S(C)(=O)=O)cnc3ncnn23)CC1. The zero-order valence-electron chi connectivity index (χ0n) is 15.8. The van der Waals surface area contributed by atoms with Crippen LogP contribution in [0, 0.1) is 13.8 Å². The highest BCUT2D eigenvalue weighted by atomic mass is 32.2. The van der Waals surface area contributed by atoms with Gasteiger partial charge in [-0.05, 0) is 26.7 Å². The third kappa shape index (κ3) is 3.05. The molecule has 0 radical (unpaired) electrons. The number of amides is 1. The number of hydrogen-bond acceptors (Lipinski definition) is 8. The molecule has 0 N–H and O–H groups in total. The van der Waals surface area contributed by atoms with Gasteiger partial charge in [-0.15, -0.1) is 0 Å². The molecular weight excluding hydrogens is 384 g/mol. The van der Waals surface area contributed by atoms with Gasteiger partial charge in [-0.25, -0.2) is 13.4 Å². The van der Waals surface area contributed by atoms with Crippen LogP contribution in [0.1, 0.15) is 46.3 Å². The molecule has 1 fully saturated rings. The maximum atomic E-state index is 12.8. The quantitative estimate of drug-likeness (QED) is 0.637. The third-order valence-electron chi connectivity index (χ3n) is 5.12. The minimum Gasteiger partial charge on any atom is -0.361 e. The Hall–Kier alpha value is -2.82. The number of aryl methyl sites for hydroxylation is 2. The van der Waals surface area contributed by atoms with E-state index in [1.165, 1.54) is 17.0 Å². The number of nitrogens with zero attached hydrogens (tertiary/aromatic N) is 6. The highest BCUT2D eigenvalue weighted by Crippen LogP contribution is 2.33. The second-order valence-corrected chi connectivity index (χ2v) is 9.00. The zero-order valence-corrected chi connectivity index (χ0v) is 16.6. The molecule has 0 aromatic carbocycles. The Balaban J connectivity index is 1.63. The van der Waals surface area contributed by atoms with Gasteiger partial charge in [-0.1, -0.05) is 5.16 Å². The summed E-state index contributed by atoms with van der Waals surface area (Å²) in [6, 6.07) is 0. The molecule has 11 heteroatoms. The second-order valence-electron chi connectivity index (χ2n) is 7.02. The van der Waals surface area contributed by atoms with Gasteiger partial charge in [0.25, 0.3) is 11.7 Å². The first-order valence-corrected chi connectivity index (χ1v) is 10.8.